The number of carbonyl (C=O) groups is 1. The Bertz CT molecular complexity index is 945. The highest BCUT2D eigenvalue weighted by atomic mass is 32.2. The van der Waals surface area contributed by atoms with E-state index < -0.39 is 10.0 Å². The van der Waals surface area contributed by atoms with Crippen LogP contribution in [0.25, 0.3) is 0 Å². The Hall–Kier alpha value is -2.71. The van der Waals surface area contributed by atoms with Crippen molar-refractivity contribution in [2.24, 2.45) is 5.10 Å². The quantitative estimate of drug-likeness (QED) is 0.467. The lowest BCUT2D eigenvalue weighted by atomic mass is 10.1. The third-order valence-corrected chi connectivity index (χ3v) is 6.39. The molecule has 27 heavy (non-hydrogen) atoms. The molecule has 3 rings (SSSR count). The number of nitrogens with one attached hydrogen (secondary N) is 1. The summed E-state index contributed by atoms with van der Waals surface area (Å²) in [6.07, 6.45) is 1.80. The van der Waals surface area contributed by atoms with Gasteiger partial charge in [0, 0.05) is 24.3 Å². The minimum absolute atomic E-state index is 0.270. The van der Waals surface area contributed by atoms with Gasteiger partial charge < -0.3 is 5.73 Å². The van der Waals surface area contributed by atoms with E-state index in [2.05, 4.69) is 10.5 Å². The number of hydrogen-bond acceptors (Lipinski definition) is 5. The van der Waals surface area contributed by atoms with E-state index in [1.54, 1.807) is 55.5 Å². The smallest absolute Gasteiger partial charge is 0.271 e. The maximum Gasteiger partial charge on any atom is 0.271 e. The standard InChI is InChI=1S/C19H22N4O3S/c1-14(21-22-19(24)16-4-8-17(20)9-5-16)15-6-10-18(11-7-15)27(25,26)23-12-2-3-13-23/h4-11H,2-3,12-13,20H2,1H3,(H,22,24)/b21-14+. The van der Waals surface area contributed by atoms with Gasteiger partial charge in [-0.05, 0) is 61.7 Å². The first-order chi connectivity index (χ1) is 12.9. The van der Waals surface area contributed by atoms with Crippen LogP contribution in [0.5, 0.6) is 0 Å². The van der Waals surface area contributed by atoms with E-state index in [0.29, 0.717) is 30.1 Å². The first-order valence-electron chi connectivity index (χ1n) is 8.69. The van der Waals surface area contributed by atoms with Crippen molar-refractivity contribution in [1.82, 2.24) is 9.73 Å². The monoisotopic (exact) mass is 386 g/mol. The maximum atomic E-state index is 12.5. The van der Waals surface area contributed by atoms with Crippen LogP contribution in [0.2, 0.25) is 0 Å². The Morgan fingerprint density at radius 3 is 2.15 bits per heavy atom. The number of nitrogens with zero attached hydrogens (tertiary/aromatic N) is 2. The fourth-order valence-electron chi connectivity index (χ4n) is 2.84. The van der Waals surface area contributed by atoms with Crippen LogP contribution < -0.4 is 11.2 Å². The molecule has 0 spiro atoms. The number of nitrogen functional groups attached to an aromatic ring is 1. The second-order valence-electron chi connectivity index (χ2n) is 6.40. The molecule has 1 aliphatic rings. The third-order valence-electron chi connectivity index (χ3n) is 4.47. The fraction of sp³-hybridized carbons (Fsp3) is 0.263. The van der Waals surface area contributed by atoms with Crippen molar-refractivity contribution in [2.45, 2.75) is 24.7 Å². The lowest BCUT2D eigenvalue weighted by molar-refractivity contribution is 0.0955. The summed E-state index contributed by atoms with van der Waals surface area (Å²) in [5, 5.41) is 4.09. The van der Waals surface area contributed by atoms with Crippen LogP contribution in [0.4, 0.5) is 5.69 Å². The van der Waals surface area contributed by atoms with Crippen LogP contribution in [0.15, 0.2) is 58.5 Å². The van der Waals surface area contributed by atoms with E-state index in [1.165, 1.54) is 4.31 Å². The Balaban J connectivity index is 1.69. The zero-order chi connectivity index (χ0) is 19.4. The number of nitrogens with two attached hydrogens (primary N) is 1. The van der Waals surface area contributed by atoms with E-state index in [1.807, 2.05) is 0 Å². The average molecular weight is 386 g/mol. The van der Waals surface area contributed by atoms with E-state index in [0.717, 1.165) is 18.4 Å². The number of rotatable bonds is 5. The molecule has 0 bridgehead atoms. The summed E-state index contributed by atoms with van der Waals surface area (Å²) < 4.78 is 26.6. The van der Waals surface area contributed by atoms with Gasteiger partial charge in [-0.15, -0.1) is 0 Å². The van der Waals surface area contributed by atoms with Crippen molar-refractivity contribution >= 4 is 27.3 Å². The molecule has 0 radical (unpaired) electrons. The molecular formula is C19H22N4O3S. The van der Waals surface area contributed by atoms with E-state index >= 15 is 0 Å². The molecule has 0 aliphatic carbocycles. The SMILES string of the molecule is C/C(=N\NC(=O)c1ccc(N)cc1)c1ccc(S(=O)(=O)N2CCCC2)cc1. The summed E-state index contributed by atoms with van der Waals surface area (Å²) in [5.41, 5.74) is 10.4. The van der Waals surface area contributed by atoms with Gasteiger partial charge in [-0.1, -0.05) is 12.1 Å². The topological polar surface area (TPSA) is 105 Å². The minimum atomic E-state index is -3.43. The molecule has 1 fully saturated rings. The number of amides is 1. The first kappa shape index (κ1) is 19.1. The Morgan fingerprint density at radius 2 is 1.56 bits per heavy atom. The molecule has 142 valence electrons. The van der Waals surface area contributed by atoms with Crippen molar-refractivity contribution in [2.75, 3.05) is 18.8 Å². The van der Waals surface area contributed by atoms with Gasteiger partial charge in [0.1, 0.15) is 0 Å². The molecule has 0 atom stereocenters. The molecule has 8 heteroatoms. The van der Waals surface area contributed by atoms with Crippen LogP contribution in [0.1, 0.15) is 35.7 Å². The summed E-state index contributed by atoms with van der Waals surface area (Å²) in [4.78, 5) is 12.4. The first-order valence-corrected chi connectivity index (χ1v) is 10.1. The maximum absolute atomic E-state index is 12.5. The van der Waals surface area contributed by atoms with Gasteiger partial charge in [0.05, 0.1) is 10.6 Å². The van der Waals surface area contributed by atoms with Crippen molar-refractivity contribution < 1.29 is 13.2 Å². The number of hydrazone groups is 1. The number of anilines is 1. The van der Waals surface area contributed by atoms with Gasteiger partial charge in [-0.25, -0.2) is 13.8 Å². The van der Waals surface area contributed by atoms with Crippen molar-refractivity contribution in [3.8, 4) is 0 Å². The zero-order valence-corrected chi connectivity index (χ0v) is 15.9. The predicted molar refractivity (Wildman–Crippen MR) is 105 cm³/mol. The van der Waals surface area contributed by atoms with Crippen molar-refractivity contribution in [3.63, 3.8) is 0 Å². The van der Waals surface area contributed by atoms with Gasteiger partial charge in [0.25, 0.3) is 5.91 Å². The van der Waals surface area contributed by atoms with Crippen LogP contribution in [0, 0.1) is 0 Å². The van der Waals surface area contributed by atoms with E-state index in [9.17, 15) is 13.2 Å². The number of benzene rings is 2. The molecule has 0 saturated carbocycles. The zero-order valence-electron chi connectivity index (χ0n) is 15.1. The normalized spacial score (nSPS) is 15.7. The molecule has 3 N–H and O–H groups in total. The van der Waals surface area contributed by atoms with Gasteiger partial charge >= 0.3 is 0 Å². The second-order valence-corrected chi connectivity index (χ2v) is 8.33. The summed E-state index contributed by atoms with van der Waals surface area (Å²) in [6.45, 7) is 2.89. The highest BCUT2D eigenvalue weighted by molar-refractivity contribution is 7.89. The highest BCUT2D eigenvalue weighted by Crippen LogP contribution is 2.21. The summed E-state index contributed by atoms with van der Waals surface area (Å²) in [5.74, 6) is -0.345. The largest absolute Gasteiger partial charge is 0.399 e. The minimum Gasteiger partial charge on any atom is -0.399 e. The molecule has 0 unspecified atom stereocenters. The molecule has 1 saturated heterocycles. The number of carbonyl (C=O) groups excluding carboxylic acids is 1. The number of sulfonamides is 1. The Morgan fingerprint density at radius 1 is 1.00 bits per heavy atom. The average Bonchev–Trinajstić information content (AvgIpc) is 3.22. The van der Waals surface area contributed by atoms with Gasteiger partial charge in [-0.3, -0.25) is 4.79 Å². The van der Waals surface area contributed by atoms with Crippen molar-refractivity contribution in [1.29, 1.82) is 0 Å². The van der Waals surface area contributed by atoms with E-state index in [4.69, 9.17) is 5.73 Å². The summed E-state index contributed by atoms with van der Waals surface area (Å²) in [6, 6.07) is 13.1. The third kappa shape index (κ3) is 4.35. The fourth-order valence-corrected chi connectivity index (χ4v) is 4.36. The summed E-state index contributed by atoms with van der Waals surface area (Å²) in [7, 11) is -3.43. The Labute approximate surface area is 158 Å². The highest BCUT2D eigenvalue weighted by Gasteiger charge is 2.26. The molecule has 1 aliphatic heterocycles. The van der Waals surface area contributed by atoms with Crippen molar-refractivity contribution in [3.05, 3.63) is 59.7 Å². The molecule has 0 aromatic heterocycles. The molecule has 1 amide bonds. The molecule has 2 aromatic carbocycles. The Kier molecular flexibility index (Phi) is 5.57. The molecule has 2 aromatic rings. The molecular weight excluding hydrogens is 364 g/mol. The lowest BCUT2D eigenvalue weighted by Gasteiger charge is -2.15. The van der Waals surface area contributed by atoms with Crippen LogP contribution >= 0.6 is 0 Å². The van der Waals surface area contributed by atoms with Crippen LogP contribution in [0.3, 0.4) is 0 Å². The van der Waals surface area contributed by atoms with Crippen LogP contribution in [-0.2, 0) is 10.0 Å². The summed E-state index contributed by atoms with van der Waals surface area (Å²) >= 11 is 0. The van der Waals surface area contributed by atoms with Gasteiger partial charge in [0.15, 0.2) is 0 Å². The van der Waals surface area contributed by atoms with Gasteiger partial charge in [0.2, 0.25) is 10.0 Å². The van der Waals surface area contributed by atoms with E-state index in [-0.39, 0.29) is 10.8 Å². The second kappa shape index (κ2) is 7.89. The molecule has 1 heterocycles. The number of hydrogen-bond donors (Lipinski definition) is 2. The van der Waals surface area contributed by atoms with Gasteiger partial charge in [-0.2, -0.15) is 9.41 Å². The lowest BCUT2D eigenvalue weighted by Crippen LogP contribution is -2.27. The predicted octanol–water partition coefficient (Wildman–Crippen LogP) is 2.21. The molecule has 7 nitrogen and oxygen atoms in total. The van der Waals surface area contributed by atoms with Crippen LogP contribution in [-0.4, -0.2) is 37.4 Å².